The quantitative estimate of drug-likeness (QED) is 0.782. The van der Waals surface area contributed by atoms with E-state index in [0.29, 0.717) is 11.4 Å². The van der Waals surface area contributed by atoms with Crippen LogP contribution in [0.25, 0.3) is 5.69 Å². The van der Waals surface area contributed by atoms with E-state index in [0.717, 1.165) is 12.1 Å². The van der Waals surface area contributed by atoms with Gasteiger partial charge in [-0.3, -0.25) is 4.79 Å². The second-order valence-corrected chi connectivity index (χ2v) is 5.48. The third-order valence-corrected chi connectivity index (χ3v) is 3.93. The topological polar surface area (TPSA) is 46.9 Å². The Balaban J connectivity index is 1.92. The lowest BCUT2D eigenvalue weighted by atomic mass is 10.1. The van der Waals surface area contributed by atoms with Crippen molar-refractivity contribution in [2.75, 3.05) is 5.32 Å². The standard InChI is InChI=1S/C18H16ClN3O/c1-2-13-8-10-14(11-9-13)21-16-12-20-22(18(23)17(16)19)15-6-4-3-5-7-15/h3-12,21H,2H2,1H3. The molecular formula is C18H16ClN3O. The van der Waals surface area contributed by atoms with Crippen LogP contribution >= 0.6 is 11.6 Å². The van der Waals surface area contributed by atoms with Crippen LogP contribution in [0.15, 0.2) is 65.6 Å². The molecule has 23 heavy (non-hydrogen) atoms. The molecule has 0 saturated carbocycles. The van der Waals surface area contributed by atoms with Crippen molar-refractivity contribution in [1.82, 2.24) is 9.78 Å². The van der Waals surface area contributed by atoms with Crippen LogP contribution in [0.3, 0.4) is 0 Å². The van der Waals surface area contributed by atoms with Gasteiger partial charge in [0.25, 0.3) is 5.56 Å². The number of anilines is 2. The first-order valence-electron chi connectivity index (χ1n) is 7.38. The van der Waals surface area contributed by atoms with Crippen LogP contribution in [0.2, 0.25) is 5.02 Å². The highest BCUT2D eigenvalue weighted by molar-refractivity contribution is 6.33. The van der Waals surface area contributed by atoms with Gasteiger partial charge in [0.05, 0.1) is 17.6 Å². The first-order valence-corrected chi connectivity index (χ1v) is 7.76. The monoisotopic (exact) mass is 325 g/mol. The number of nitrogens with zero attached hydrogens (tertiary/aromatic N) is 2. The third-order valence-electron chi connectivity index (χ3n) is 3.56. The van der Waals surface area contributed by atoms with Gasteiger partial charge in [0.1, 0.15) is 5.02 Å². The molecule has 0 spiro atoms. The molecule has 1 heterocycles. The van der Waals surface area contributed by atoms with Crippen molar-refractivity contribution in [1.29, 1.82) is 0 Å². The molecule has 2 aromatic carbocycles. The largest absolute Gasteiger partial charge is 0.353 e. The number of rotatable bonds is 4. The van der Waals surface area contributed by atoms with Crippen molar-refractivity contribution in [3.63, 3.8) is 0 Å². The molecule has 1 N–H and O–H groups in total. The predicted molar refractivity (Wildman–Crippen MR) is 93.9 cm³/mol. The van der Waals surface area contributed by atoms with E-state index in [1.807, 2.05) is 42.5 Å². The maximum atomic E-state index is 12.4. The molecule has 3 rings (SSSR count). The summed E-state index contributed by atoms with van der Waals surface area (Å²) in [6.45, 7) is 2.10. The second kappa shape index (κ2) is 6.67. The summed E-state index contributed by atoms with van der Waals surface area (Å²) in [7, 11) is 0. The molecule has 0 aliphatic carbocycles. The van der Waals surface area contributed by atoms with Gasteiger partial charge in [-0.25, -0.2) is 0 Å². The van der Waals surface area contributed by atoms with E-state index in [9.17, 15) is 4.79 Å². The maximum absolute atomic E-state index is 12.4. The number of aromatic nitrogens is 2. The fraction of sp³-hybridized carbons (Fsp3) is 0.111. The Labute approximate surface area is 139 Å². The van der Waals surface area contributed by atoms with Crippen molar-refractivity contribution in [3.05, 3.63) is 81.7 Å². The molecule has 5 heteroatoms. The van der Waals surface area contributed by atoms with Gasteiger partial charge in [-0.2, -0.15) is 9.78 Å². The van der Waals surface area contributed by atoms with E-state index in [4.69, 9.17) is 11.6 Å². The van der Waals surface area contributed by atoms with Crippen molar-refractivity contribution in [3.8, 4) is 5.69 Å². The fourth-order valence-electron chi connectivity index (χ4n) is 2.25. The smallest absolute Gasteiger partial charge is 0.292 e. The summed E-state index contributed by atoms with van der Waals surface area (Å²) in [5, 5.41) is 7.45. The van der Waals surface area contributed by atoms with Crippen molar-refractivity contribution in [2.45, 2.75) is 13.3 Å². The van der Waals surface area contributed by atoms with Crippen LogP contribution in [0, 0.1) is 0 Å². The van der Waals surface area contributed by atoms with Crippen LogP contribution in [0.5, 0.6) is 0 Å². The normalized spacial score (nSPS) is 10.5. The van der Waals surface area contributed by atoms with Crippen LogP contribution in [-0.2, 0) is 6.42 Å². The van der Waals surface area contributed by atoms with Gasteiger partial charge in [-0.15, -0.1) is 0 Å². The van der Waals surface area contributed by atoms with Gasteiger partial charge in [-0.05, 0) is 36.2 Å². The Morgan fingerprint density at radius 2 is 1.78 bits per heavy atom. The van der Waals surface area contributed by atoms with Crippen molar-refractivity contribution in [2.24, 2.45) is 0 Å². The predicted octanol–water partition coefficient (Wildman–Crippen LogP) is 4.19. The number of hydrogen-bond acceptors (Lipinski definition) is 3. The summed E-state index contributed by atoms with van der Waals surface area (Å²) in [5.74, 6) is 0. The summed E-state index contributed by atoms with van der Waals surface area (Å²) in [5.41, 5.74) is 2.93. The number of aryl methyl sites for hydroxylation is 1. The molecule has 0 aliphatic rings. The Hall–Kier alpha value is -2.59. The number of benzene rings is 2. The minimum Gasteiger partial charge on any atom is -0.353 e. The van der Waals surface area contributed by atoms with Crippen molar-refractivity contribution >= 4 is 23.0 Å². The average molecular weight is 326 g/mol. The Kier molecular flexibility index (Phi) is 4.44. The van der Waals surface area contributed by atoms with Gasteiger partial charge in [-0.1, -0.05) is 48.9 Å². The van der Waals surface area contributed by atoms with Crippen LogP contribution in [0.1, 0.15) is 12.5 Å². The minimum absolute atomic E-state index is 0.114. The van der Waals surface area contributed by atoms with Gasteiger partial charge < -0.3 is 5.32 Å². The molecule has 116 valence electrons. The molecule has 3 aromatic rings. The lowest BCUT2D eigenvalue weighted by molar-refractivity contribution is 0.809. The van der Waals surface area contributed by atoms with E-state index in [2.05, 4.69) is 17.3 Å². The number of para-hydroxylation sites is 1. The number of halogens is 1. The van der Waals surface area contributed by atoms with Crippen molar-refractivity contribution < 1.29 is 0 Å². The summed E-state index contributed by atoms with van der Waals surface area (Å²) in [6, 6.07) is 17.2. The maximum Gasteiger partial charge on any atom is 0.292 e. The molecule has 1 aromatic heterocycles. The summed E-state index contributed by atoms with van der Waals surface area (Å²) in [6.07, 6.45) is 2.54. The molecule has 0 fully saturated rings. The molecule has 0 amide bonds. The summed E-state index contributed by atoms with van der Waals surface area (Å²) < 4.78 is 1.29. The highest BCUT2D eigenvalue weighted by atomic mass is 35.5. The Bertz CT molecular complexity index is 858. The van der Waals surface area contributed by atoms with Gasteiger partial charge >= 0.3 is 0 Å². The Morgan fingerprint density at radius 3 is 2.43 bits per heavy atom. The molecular weight excluding hydrogens is 310 g/mol. The zero-order valence-corrected chi connectivity index (χ0v) is 13.4. The zero-order chi connectivity index (χ0) is 16.2. The third kappa shape index (κ3) is 3.27. The van der Waals surface area contributed by atoms with Crippen LogP contribution in [0.4, 0.5) is 11.4 Å². The fourth-order valence-corrected chi connectivity index (χ4v) is 2.43. The highest BCUT2D eigenvalue weighted by Gasteiger charge is 2.10. The summed E-state index contributed by atoms with van der Waals surface area (Å²) in [4.78, 5) is 12.4. The molecule has 0 radical (unpaired) electrons. The molecule has 4 nitrogen and oxygen atoms in total. The summed E-state index contributed by atoms with van der Waals surface area (Å²) >= 11 is 6.22. The van der Waals surface area contributed by atoms with E-state index in [1.54, 1.807) is 18.3 Å². The van der Waals surface area contributed by atoms with E-state index >= 15 is 0 Å². The van der Waals surface area contributed by atoms with Gasteiger partial charge in [0.2, 0.25) is 0 Å². The first kappa shape index (κ1) is 15.3. The second-order valence-electron chi connectivity index (χ2n) is 5.10. The lowest BCUT2D eigenvalue weighted by Gasteiger charge is -2.10. The van der Waals surface area contributed by atoms with E-state index in [-0.39, 0.29) is 10.6 Å². The van der Waals surface area contributed by atoms with Gasteiger partial charge in [0, 0.05) is 5.69 Å². The molecule has 0 aliphatic heterocycles. The Morgan fingerprint density at radius 1 is 1.09 bits per heavy atom. The minimum atomic E-state index is -0.354. The first-order chi connectivity index (χ1) is 11.2. The number of hydrogen-bond donors (Lipinski definition) is 1. The highest BCUT2D eigenvalue weighted by Crippen LogP contribution is 2.22. The number of nitrogens with one attached hydrogen (secondary N) is 1. The SMILES string of the molecule is CCc1ccc(Nc2cnn(-c3ccccc3)c(=O)c2Cl)cc1. The molecule has 0 saturated heterocycles. The van der Waals surface area contributed by atoms with E-state index in [1.165, 1.54) is 10.2 Å². The van der Waals surface area contributed by atoms with E-state index < -0.39 is 0 Å². The molecule has 0 unspecified atom stereocenters. The van der Waals surface area contributed by atoms with Crippen LogP contribution < -0.4 is 10.9 Å². The molecule has 0 bridgehead atoms. The van der Waals surface area contributed by atoms with Gasteiger partial charge in [0.15, 0.2) is 0 Å². The zero-order valence-electron chi connectivity index (χ0n) is 12.7. The van der Waals surface area contributed by atoms with Crippen LogP contribution in [-0.4, -0.2) is 9.78 Å². The molecule has 0 atom stereocenters. The average Bonchev–Trinajstić information content (AvgIpc) is 2.60. The lowest BCUT2D eigenvalue weighted by Crippen LogP contribution is -2.22.